The molecule has 0 heterocycles. The molecule has 0 fully saturated rings. The first-order valence-electron chi connectivity index (χ1n) is 6.18. The van der Waals surface area contributed by atoms with E-state index in [0.717, 1.165) is 35.0 Å². The number of likely N-dealkylation sites (N-methyl/N-ethyl adjacent to an activating group) is 1. The molecule has 0 atom stereocenters. The van der Waals surface area contributed by atoms with Gasteiger partial charge in [-0.1, -0.05) is 13.0 Å². The van der Waals surface area contributed by atoms with Crippen molar-refractivity contribution in [2.75, 3.05) is 37.5 Å². The smallest absolute Gasteiger partial charge is 0.103 e. The number of nitrogens with zero attached hydrogens (tertiary/aromatic N) is 2. The van der Waals surface area contributed by atoms with E-state index in [-0.39, 0.29) is 0 Å². The van der Waals surface area contributed by atoms with Gasteiger partial charge in [0.1, 0.15) is 6.07 Å². The Balaban J connectivity index is 3.06. The normalized spacial score (nSPS) is 10.1. The Bertz CT molecular complexity index is 415. The molecule has 0 aromatic heterocycles. The van der Waals surface area contributed by atoms with Gasteiger partial charge in [0.05, 0.1) is 17.9 Å². The van der Waals surface area contributed by atoms with Crippen LogP contribution in [-0.4, -0.2) is 32.6 Å². The van der Waals surface area contributed by atoms with Gasteiger partial charge in [0.15, 0.2) is 0 Å². The van der Waals surface area contributed by atoms with Gasteiger partial charge in [-0.15, -0.1) is 11.8 Å². The monoisotopic (exact) mass is 264 g/mol. The van der Waals surface area contributed by atoms with Crippen molar-refractivity contribution in [3.05, 3.63) is 23.8 Å². The molecule has 4 heteroatoms. The minimum absolute atomic E-state index is 0.670. The number of nitriles is 1. The summed E-state index contributed by atoms with van der Waals surface area (Å²) in [5.74, 6) is 0.975. The van der Waals surface area contributed by atoms with Gasteiger partial charge in [0.2, 0.25) is 0 Å². The number of rotatable bonds is 7. The third kappa shape index (κ3) is 3.66. The van der Waals surface area contributed by atoms with Gasteiger partial charge >= 0.3 is 0 Å². The molecule has 0 saturated heterocycles. The number of methoxy groups -OCH3 is 1. The van der Waals surface area contributed by atoms with E-state index in [1.807, 2.05) is 18.2 Å². The second-order valence-electron chi connectivity index (χ2n) is 3.77. The number of hydrogen-bond acceptors (Lipinski definition) is 4. The van der Waals surface area contributed by atoms with Crippen molar-refractivity contribution in [2.45, 2.75) is 18.7 Å². The van der Waals surface area contributed by atoms with Crippen LogP contribution in [-0.2, 0) is 4.74 Å². The second-order valence-corrected chi connectivity index (χ2v) is 5.07. The molecule has 0 spiro atoms. The van der Waals surface area contributed by atoms with Crippen molar-refractivity contribution in [3.8, 4) is 6.07 Å². The summed E-state index contributed by atoms with van der Waals surface area (Å²) in [5, 5.41) is 9.37. The van der Waals surface area contributed by atoms with Crippen LogP contribution in [0.15, 0.2) is 23.1 Å². The molecule has 0 aliphatic carbocycles. The van der Waals surface area contributed by atoms with Crippen LogP contribution in [0.5, 0.6) is 0 Å². The van der Waals surface area contributed by atoms with Crippen molar-refractivity contribution < 1.29 is 4.74 Å². The highest BCUT2D eigenvalue weighted by Gasteiger charge is 2.13. The fraction of sp³-hybridized carbons (Fsp3) is 0.500. The van der Waals surface area contributed by atoms with E-state index in [9.17, 15) is 5.26 Å². The van der Waals surface area contributed by atoms with Crippen LogP contribution in [0.4, 0.5) is 5.69 Å². The summed E-state index contributed by atoms with van der Waals surface area (Å²) in [5.41, 5.74) is 1.79. The molecule has 0 radical (unpaired) electrons. The molecule has 0 N–H and O–H groups in total. The van der Waals surface area contributed by atoms with Crippen molar-refractivity contribution in [3.63, 3.8) is 0 Å². The van der Waals surface area contributed by atoms with Crippen molar-refractivity contribution >= 4 is 17.4 Å². The third-order valence-corrected chi connectivity index (χ3v) is 3.64. The number of hydrogen-bond donors (Lipinski definition) is 0. The standard InChI is InChI=1S/C14H20N2OS/c1-4-16(9-10-17-3)13-7-6-8-14(18-5-2)12(13)11-15/h6-8H,4-5,9-10H2,1-3H3. The highest BCUT2D eigenvalue weighted by atomic mass is 32.2. The Kier molecular flexibility index (Phi) is 6.63. The predicted octanol–water partition coefficient (Wildman–Crippen LogP) is 3.14. The Hall–Kier alpha value is -1.18. The molecule has 0 amide bonds. The maximum atomic E-state index is 9.37. The van der Waals surface area contributed by atoms with Crippen LogP contribution in [0.3, 0.4) is 0 Å². The zero-order valence-electron chi connectivity index (χ0n) is 11.3. The van der Waals surface area contributed by atoms with Crippen LogP contribution >= 0.6 is 11.8 Å². The highest BCUT2D eigenvalue weighted by molar-refractivity contribution is 7.99. The number of thioether (sulfide) groups is 1. The lowest BCUT2D eigenvalue weighted by molar-refractivity contribution is 0.205. The molecule has 18 heavy (non-hydrogen) atoms. The number of anilines is 1. The van der Waals surface area contributed by atoms with Gasteiger partial charge in [0.25, 0.3) is 0 Å². The van der Waals surface area contributed by atoms with Crippen LogP contribution in [0, 0.1) is 11.3 Å². The van der Waals surface area contributed by atoms with Gasteiger partial charge in [-0.25, -0.2) is 0 Å². The van der Waals surface area contributed by atoms with E-state index in [4.69, 9.17) is 4.74 Å². The first-order chi connectivity index (χ1) is 8.78. The van der Waals surface area contributed by atoms with E-state index in [1.165, 1.54) is 0 Å². The highest BCUT2D eigenvalue weighted by Crippen LogP contribution is 2.30. The summed E-state index contributed by atoms with van der Waals surface area (Å²) in [7, 11) is 1.70. The van der Waals surface area contributed by atoms with Gasteiger partial charge in [-0.05, 0) is 24.8 Å². The van der Waals surface area contributed by atoms with Crippen LogP contribution in [0.2, 0.25) is 0 Å². The Morgan fingerprint density at radius 2 is 2.17 bits per heavy atom. The fourth-order valence-corrected chi connectivity index (χ4v) is 2.60. The summed E-state index contributed by atoms with van der Waals surface area (Å²) in [6, 6.07) is 8.38. The minimum Gasteiger partial charge on any atom is -0.383 e. The molecular formula is C14H20N2OS. The summed E-state index contributed by atoms with van der Waals surface area (Å²) in [6.07, 6.45) is 0. The predicted molar refractivity (Wildman–Crippen MR) is 77.3 cm³/mol. The zero-order chi connectivity index (χ0) is 13.4. The molecule has 0 bridgehead atoms. The lowest BCUT2D eigenvalue weighted by Crippen LogP contribution is -2.27. The van der Waals surface area contributed by atoms with Crippen molar-refractivity contribution in [1.82, 2.24) is 0 Å². The van der Waals surface area contributed by atoms with Crippen LogP contribution < -0.4 is 4.90 Å². The minimum atomic E-state index is 0.670. The molecule has 1 rings (SSSR count). The maximum Gasteiger partial charge on any atom is 0.103 e. The molecule has 1 aromatic carbocycles. The molecule has 3 nitrogen and oxygen atoms in total. The van der Waals surface area contributed by atoms with E-state index < -0.39 is 0 Å². The van der Waals surface area contributed by atoms with Gasteiger partial charge < -0.3 is 9.64 Å². The number of benzene rings is 1. The second kappa shape index (κ2) is 8.02. The summed E-state index contributed by atoms with van der Waals surface area (Å²) in [6.45, 7) is 6.54. The van der Waals surface area contributed by atoms with Gasteiger partial charge in [0, 0.05) is 25.1 Å². The lowest BCUT2D eigenvalue weighted by atomic mass is 10.1. The average molecular weight is 264 g/mol. The first kappa shape index (κ1) is 14.9. The molecular weight excluding hydrogens is 244 g/mol. The van der Waals surface area contributed by atoms with Crippen LogP contribution in [0.25, 0.3) is 0 Å². The number of ether oxygens (including phenoxy) is 1. The Labute approximate surface area is 114 Å². The summed E-state index contributed by atoms with van der Waals surface area (Å²) < 4.78 is 5.12. The molecule has 0 aliphatic heterocycles. The van der Waals surface area contributed by atoms with Crippen molar-refractivity contribution in [1.29, 1.82) is 5.26 Å². The topological polar surface area (TPSA) is 36.3 Å². The fourth-order valence-electron chi connectivity index (χ4n) is 1.82. The zero-order valence-corrected chi connectivity index (χ0v) is 12.1. The third-order valence-electron chi connectivity index (χ3n) is 2.70. The molecule has 0 unspecified atom stereocenters. The quantitative estimate of drug-likeness (QED) is 0.709. The van der Waals surface area contributed by atoms with E-state index in [2.05, 4.69) is 24.8 Å². The summed E-state index contributed by atoms with van der Waals surface area (Å²) in [4.78, 5) is 3.25. The van der Waals surface area contributed by atoms with E-state index in [1.54, 1.807) is 18.9 Å². The summed E-state index contributed by atoms with van der Waals surface area (Å²) >= 11 is 1.71. The SMILES string of the molecule is CCSc1cccc(N(CC)CCOC)c1C#N. The molecule has 0 saturated carbocycles. The lowest BCUT2D eigenvalue weighted by Gasteiger charge is -2.24. The first-order valence-corrected chi connectivity index (χ1v) is 7.16. The molecule has 98 valence electrons. The van der Waals surface area contributed by atoms with Gasteiger partial charge in [-0.3, -0.25) is 0 Å². The maximum absolute atomic E-state index is 9.37. The largest absolute Gasteiger partial charge is 0.383 e. The molecule has 0 aliphatic rings. The van der Waals surface area contributed by atoms with E-state index in [0.29, 0.717) is 6.61 Å². The van der Waals surface area contributed by atoms with E-state index >= 15 is 0 Å². The molecule has 1 aromatic rings. The van der Waals surface area contributed by atoms with Crippen molar-refractivity contribution in [2.24, 2.45) is 0 Å². The Morgan fingerprint density at radius 1 is 1.39 bits per heavy atom. The Morgan fingerprint density at radius 3 is 2.72 bits per heavy atom. The van der Waals surface area contributed by atoms with Gasteiger partial charge in [-0.2, -0.15) is 5.26 Å². The average Bonchev–Trinajstić information content (AvgIpc) is 2.40. The van der Waals surface area contributed by atoms with Crippen LogP contribution in [0.1, 0.15) is 19.4 Å².